The van der Waals surface area contributed by atoms with Crippen molar-refractivity contribution in [2.24, 2.45) is 0 Å². The number of ether oxygens (including phenoxy) is 1. The number of alkyl halides is 1. The van der Waals surface area contributed by atoms with E-state index in [9.17, 15) is 9.59 Å². The summed E-state index contributed by atoms with van der Waals surface area (Å²) in [5, 5.41) is 8.95. The highest BCUT2D eigenvalue weighted by atomic mass is 32.1. The predicted molar refractivity (Wildman–Crippen MR) is 92.2 cm³/mol. The number of amides is 1. The van der Waals surface area contributed by atoms with E-state index in [0.29, 0.717) is 16.2 Å². The van der Waals surface area contributed by atoms with Gasteiger partial charge in [0.05, 0.1) is 12.0 Å². The van der Waals surface area contributed by atoms with Gasteiger partial charge in [0.2, 0.25) is 0 Å². The highest BCUT2D eigenvalue weighted by Crippen LogP contribution is 2.38. The highest BCUT2D eigenvalue weighted by Gasteiger charge is 2.38. The topological polar surface area (TPSA) is 66.8 Å². The smallest absolute Gasteiger partial charge is 0.345 e. The highest BCUT2D eigenvalue weighted by molar-refractivity contribution is 7.15. The van der Waals surface area contributed by atoms with Crippen molar-refractivity contribution in [2.75, 3.05) is 20.2 Å². The fourth-order valence-electron chi connectivity index (χ4n) is 2.98. The molecule has 25 heavy (non-hydrogen) atoms. The van der Waals surface area contributed by atoms with Crippen molar-refractivity contribution in [3.05, 3.63) is 51.7 Å². The molecule has 1 N–H and O–H groups in total. The van der Waals surface area contributed by atoms with Crippen LogP contribution in [-0.4, -0.2) is 42.1 Å². The molecule has 1 aliphatic rings. The van der Waals surface area contributed by atoms with Gasteiger partial charge in [-0.25, -0.2) is 9.18 Å². The number of rotatable bonds is 4. The van der Waals surface area contributed by atoms with E-state index in [1.54, 1.807) is 29.2 Å². The quantitative estimate of drug-likeness (QED) is 0.902. The molecule has 0 atom stereocenters. The average molecular weight is 363 g/mol. The number of benzene rings is 1. The standard InChI is InChI=1S/C18H18FNO4S/c1-24-13-4-2-3-12(11-13)18(19)7-9-20(10-8-18)16(21)14-5-6-15(25-14)17(22)23/h2-6,11H,7-10H2,1H3,(H,22,23). The minimum absolute atomic E-state index is 0.122. The van der Waals surface area contributed by atoms with Crippen molar-refractivity contribution < 1.29 is 23.8 Å². The number of hydrogen-bond acceptors (Lipinski definition) is 4. The molecule has 2 aromatic rings. The number of methoxy groups -OCH3 is 1. The molecule has 5 nitrogen and oxygen atoms in total. The summed E-state index contributed by atoms with van der Waals surface area (Å²) in [5.41, 5.74) is -0.935. The summed E-state index contributed by atoms with van der Waals surface area (Å²) >= 11 is 0.943. The van der Waals surface area contributed by atoms with Crippen LogP contribution in [-0.2, 0) is 5.67 Å². The van der Waals surface area contributed by atoms with Crippen molar-refractivity contribution in [3.8, 4) is 5.75 Å². The largest absolute Gasteiger partial charge is 0.497 e. The molecule has 7 heteroatoms. The molecule has 0 spiro atoms. The summed E-state index contributed by atoms with van der Waals surface area (Å²) in [4.78, 5) is 25.5. The third-order valence-corrected chi connectivity index (χ3v) is 5.52. The normalized spacial score (nSPS) is 16.5. The van der Waals surface area contributed by atoms with Crippen LogP contribution in [0.4, 0.5) is 4.39 Å². The fourth-order valence-corrected chi connectivity index (χ4v) is 3.79. The molecule has 1 amide bonds. The number of carbonyl (C=O) groups excluding carboxylic acids is 1. The fraction of sp³-hybridized carbons (Fsp3) is 0.333. The Hall–Kier alpha value is -2.41. The zero-order valence-electron chi connectivity index (χ0n) is 13.7. The molecular weight excluding hydrogens is 345 g/mol. The van der Waals surface area contributed by atoms with Crippen LogP contribution in [0.1, 0.15) is 37.7 Å². The zero-order valence-corrected chi connectivity index (χ0v) is 14.5. The van der Waals surface area contributed by atoms with Gasteiger partial charge in [0.15, 0.2) is 0 Å². The molecule has 1 aliphatic heterocycles. The molecular formula is C18H18FNO4S. The van der Waals surface area contributed by atoms with Crippen molar-refractivity contribution >= 4 is 23.2 Å². The summed E-state index contributed by atoms with van der Waals surface area (Å²) in [6.45, 7) is 0.569. The Morgan fingerprint density at radius 1 is 1.20 bits per heavy atom. The molecule has 3 rings (SSSR count). The number of carbonyl (C=O) groups is 2. The number of hydrogen-bond donors (Lipinski definition) is 1. The first-order chi connectivity index (χ1) is 11.9. The second-order valence-electron chi connectivity index (χ2n) is 5.96. The number of carboxylic acid groups (broad SMARTS) is 1. The SMILES string of the molecule is COc1cccc(C2(F)CCN(C(=O)c3ccc(C(=O)O)s3)CC2)c1. The summed E-state index contributed by atoms with van der Waals surface area (Å²) in [6.07, 6.45) is 0.395. The van der Waals surface area contributed by atoms with Gasteiger partial charge in [-0.2, -0.15) is 0 Å². The first kappa shape index (κ1) is 17.4. The monoisotopic (exact) mass is 363 g/mol. The minimum atomic E-state index is -1.49. The number of halogens is 1. The molecule has 0 radical (unpaired) electrons. The van der Waals surface area contributed by atoms with Crippen LogP contribution in [0.3, 0.4) is 0 Å². The Bertz CT molecular complexity index is 796. The van der Waals surface area contributed by atoms with Gasteiger partial charge in [0.1, 0.15) is 16.3 Å². The summed E-state index contributed by atoms with van der Waals surface area (Å²) < 4.78 is 20.5. The van der Waals surface area contributed by atoms with Crippen LogP contribution in [0.2, 0.25) is 0 Å². The summed E-state index contributed by atoms with van der Waals surface area (Å²) in [7, 11) is 1.54. The van der Waals surface area contributed by atoms with E-state index >= 15 is 4.39 Å². The maximum atomic E-state index is 15.3. The molecule has 0 bridgehead atoms. The van der Waals surface area contributed by atoms with Crippen LogP contribution >= 0.6 is 11.3 Å². The molecule has 0 unspecified atom stereocenters. The lowest BCUT2D eigenvalue weighted by Crippen LogP contribution is -2.43. The number of likely N-dealkylation sites (tertiary alicyclic amines) is 1. The summed E-state index contributed by atoms with van der Waals surface area (Å²) in [5.74, 6) is -0.693. The Labute approximate surface area is 148 Å². The van der Waals surface area contributed by atoms with Gasteiger partial charge >= 0.3 is 5.97 Å². The maximum absolute atomic E-state index is 15.3. The van der Waals surface area contributed by atoms with E-state index in [2.05, 4.69) is 0 Å². The number of nitrogens with zero attached hydrogens (tertiary/aromatic N) is 1. The van der Waals surface area contributed by atoms with Gasteiger partial charge in [-0.05, 0) is 29.8 Å². The lowest BCUT2D eigenvalue weighted by molar-refractivity contribution is 0.0424. The molecule has 0 saturated carbocycles. The van der Waals surface area contributed by atoms with Crippen molar-refractivity contribution in [1.82, 2.24) is 4.90 Å². The van der Waals surface area contributed by atoms with E-state index in [4.69, 9.17) is 9.84 Å². The van der Waals surface area contributed by atoms with Crippen molar-refractivity contribution in [2.45, 2.75) is 18.5 Å². The van der Waals surface area contributed by atoms with Gasteiger partial charge in [-0.3, -0.25) is 4.79 Å². The molecule has 2 heterocycles. The van der Waals surface area contributed by atoms with Gasteiger partial charge in [-0.1, -0.05) is 12.1 Å². The molecule has 0 aliphatic carbocycles. The molecule has 1 aromatic heterocycles. The first-order valence-corrected chi connectivity index (χ1v) is 8.70. The number of aromatic carboxylic acids is 1. The number of thiophene rings is 1. The second kappa shape index (κ2) is 6.84. The first-order valence-electron chi connectivity index (χ1n) is 7.89. The predicted octanol–water partition coefficient (Wildman–Crippen LogP) is 3.56. The molecule has 1 aromatic carbocycles. The minimum Gasteiger partial charge on any atom is -0.497 e. The number of carboxylic acids is 1. The van der Waals surface area contributed by atoms with Crippen LogP contribution in [0.15, 0.2) is 36.4 Å². The van der Waals surface area contributed by atoms with Crippen molar-refractivity contribution in [3.63, 3.8) is 0 Å². The van der Waals surface area contributed by atoms with Gasteiger partial charge < -0.3 is 14.7 Å². The van der Waals surface area contributed by atoms with E-state index in [0.717, 1.165) is 11.3 Å². The third kappa shape index (κ3) is 3.51. The number of piperidine rings is 1. The van der Waals surface area contributed by atoms with Crippen molar-refractivity contribution in [1.29, 1.82) is 0 Å². The van der Waals surface area contributed by atoms with Crippen LogP contribution in [0, 0.1) is 0 Å². The lowest BCUT2D eigenvalue weighted by atomic mass is 9.86. The van der Waals surface area contributed by atoms with Crippen LogP contribution in [0.25, 0.3) is 0 Å². The van der Waals surface area contributed by atoms with Crippen LogP contribution in [0.5, 0.6) is 5.75 Å². The van der Waals surface area contributed by atoms with E-state index in [1.807, 2.05) is 0 Å². The van der Waals surface area contributed by atoms with E-state index < -0.39 is 11.6 Å². The van der Waals surface area contributed by atoms with E-state index in [1.165, 1.54) is 19.2 Å². The van der Waals surface area contributed by atoms with E-state index in [-0.39, 0.29) is 36.7 Å². The second-order valence-corrected chi connectivity index (χ2v) is 7.04. The zero-order chi connectivity index (χ0) is 18.0. The Kier molecular flexibility index (Phi) is 4.76. The Balaban J connectivity index is 1.69. The average Bonchev–Trinajstić information content (AvgIpc) is 3.12. The Morgan fingerprint density at radius 2 is 1.88 bits per heavy atom. The van der Waals surface area contributed by atoms with Gasteiger partial charge in [0.25, 0.3) is 5.91 Å². The molecule has 1 fully saturated rings. The maximum Gasteiger partial charge on any atom is 0.345 e. The lowest BCUT2D eigenvalue weighted by Gasteiger charge is -2.36. The third-order valence-electron chi connectivity index (χ3n) is 4.46. The molecule has 1 saturated heterocycles. The Morgan fingerprint density at radius 3 is 2.48 bits per heavy atom. The summed E-state index contributed by atoms with van der Waals surface area (Å²) in [6, 6.07) is 9.87. The van der Waals surface area contributed by atoms with Gasteiger partial charge in [-0.15, -0.1) is 11.3 Å². The van der Waals surface area contributed by atoms with Crippen LogP contribution < -0.4 is 4.74 Å². The van der Waals surface area contributed by atoms with Gasteiger partial charge in [0, 0.05) is 25.9 Å². The molecule has 132 valence electrons.